The van der Waals surface area contributed by atoms with Gasteiger partial charge in [-0.3, -0.25) is 0 Å². The average Bonchev–Trinajstić information content (AvgIpc) is 2.53. The molecule has 0 aliphatic heterocycles. The van der Waals surface area contributed by atoms with Crippen LogP contribution < -0.4 is 14.2 Å². The Morgan fingerprint density at radius 2 is 1.58 bits per heavy atom. The zero-order valence-electron chi connectivity index (χ0n) is 14.4. The standard InChI is InChI=1S/C18H23NO4S/c1-18(2,13-14-8-6-5-7-9-14)19-24(20,21)15-10-11-16(22-3)17(12-15)23-4/h5-12,19H,13H2,1-4H3. The van der Waals surface area contributed by atoms with Gasteiger partial charge in [0, 0.05) is 11.6 Å². The van der Waals surface area contributed by atoms with E-state index in [1.54, 1.807) is 6.07 Å². The molecule has 0 unspecified atom stereocenters. The fourth-order valence-electron chi connectivity index (χ4n) is 2.55. The van der Waals surface area contributed by atoms with Gasteiger partial charge >= 0.3 is 0 Å². The van der Waals surface area contributed by atoms with Crippen LogP contribution in [-0.2, 0) is 16.4 Å². The minimum absolute atomic E-state index is 0.140. The van der Waals surface area contributed by atoms with Gasteiger partial charge in [0.2, 0.25) is 10.0 Å². The fourth-order valence-corrected chi connectivity index (χ4v) is 3.98. The topological polar surface area (TPSA) is 64.6 Å². The van der Waals surface area contributed by atoms with Crippen molar-refractivity contribution in [1.29, 1.82) is 0 Å². The third-order valence-corrected chi connectivity index (χ3v) is 5.26. The first-order valence-electron chi connectivity index (χ1n) is 7.57. The summed E-state index contributed by atoms with van der Waals surface area (Å²) in [6.07, 6.45) is 0.584. The van der Waals surface area contributed by atoms with Crippen molar-refractivity contribution in [3.8, 4) is 11.5 Å². The molecule has 0 aliphatic carbocycles. The van der Waals surface area contributed by atoms with Gasteiger partial charge in [-0.05, 0) is 38.0 Å². The lowest BCUT2D eigenvalue weighted by atomic mass is 9.96. The van der Waals surface area contributed by atoms with Crippen molar-refractivity contribution in [3.05, 3.63) is 54.1 Å². The second kappa shape index (κ2) is 7.23. The molecule has 0 amide bonds. The molecular formula is C18H23NO4S. The quantitative estimate of drug-likeness (QED) is 0.834. The molecule has 6 heteroatoms. The molecule has 0 aromatic heterocycles. The van der Waals surface area contributed by atoms with E-state index in [0.717, 1.165) is 5.56 Å². The second-order valence-corrected chi connectivity index (χ2v) is 7.85. The van der Waals surface area contributed by atoms with Gasteiger partial charge in [0.05, 0.1) is 19.1 Å². The molecule has 5 nitrogen and oxygen atoms in total. The summed E-state index contributed by atoms with van der Waals surface area (Å²) >= 11 is 0. The van der Waals surface area contributed by atoms with Crippen LogP contribution in [0.25, 0.3) is 0 Å². The Balaban J connectivity index is 2.24. The molecule has 0 spiro atoms. The summed E-state index contributed by atoms with van der Waals surface area (Å²) in [7, 11) is -0.701. The van der Waals surface area contributed by atoms with E-state index < -0.39 is 15.6 Å². The molecule has 130 valence electrons. The number of hydrogen-bond donors (Lipinski definition) is 1. The highest BCUT2D eigenvalue weighted by atomic mass is 32.2. The summed E-state index contributed by atoms with van der Waals surface area (Å²) in [6, 6.07) is 14.3. The molecule has 0 bridgehead atoms. The van der Waals surface area contributed by atoms with Crippen LogP contribution in [0.15, 0.2) is 53.4 Å². The highest BCUT2D eigenvalue weighted by Crippen LogP contribution is 2.30. The van der Waals surface area contributed by atoms with Crippen LogP contribution in [0.4, 0.5) is 0 Å². The van der Waals surface area contributed by atoms with Crippen molar-refractivity contribution in [1.82, 2.24) is 4.72 Å². The Morgan fingerprint density at radius 1 is 0.958 bits per heavy atom. The van der Waals surface area contributed by atoms with Crippen LogP contribution in [0.1, 0.15) is 19.4 Å². The summed E-state index contributed by atoms with van der Waals surface area (Å²) in [4.78, 5) is 0.140. The van der Waals surface area contributed by atoms with Crippen LogP contribution in [0.2, 0.25) is 0 Å². The van der Waals surface area contributed by atoms with E-state index in [1.165, 1.54) is 26.4 Å². The predicted octanol–water partition coefficient (Wildman–Crippen LogP) is 3.00. The van der Waals surface area contributed by atoms with E-state index in [0.29, 0.717) is 17.9 Å². The molecule has 1 N–H and O–H groups in total. The zero-order valence-corrected chi connectivity index (χ0v) is 15.2. The molecule has 0 saturated heterocycles. The summed E-state index contributed by atoms with van der Waals surface area (Å²) in [6.45, 7) is 3.72. The van der Waals surface area contributed by atoms with Crippen molar-refractivity contribution >= 4 is 10.0 Å². The van der Waals surface area contributed by atoms with Gasteiger partial charge in [-0.2, -0.15) is 0 Å². The van der Waals surface area contributed by atoms with Gasteiger partial charge in [-0.25, -0.2) is 13.1 Å². The van der Waals surface area contributed by atoms with Gasteiger partial charge in [0.1, 0.15) is 0 Å². The first-order valence-corrected chi connectivity index (χ1v) is 9.06. The van der Waals surface area contributed by atoms with E-state index in [-0.39, 0.29) is 4.90 Å². The van der Waals surface area contributed by atoms with Crippen LogP contribution in [-0.4, -0.2) is 28.2 Å². The predicted molar refractivity (Wildman–Crippen MR) is 94.1 cm³/mol. The normalized spacial score (nSPS) is 12.0. The highest BCUT2D eigenvalue weighted by Gasteiger charge is 2.27. The van der Waals surface area contributed by atoms with Gasteiger partial charge in [0.25, 0.3) is 0 Å². The molecule has 0 heterocycles. The minimum atomic E-state index is -3.68. The second-order valence-electron chi connectivity index (χ2n) is 6.17. The third-order valence-electron chi connectivity index (χ3n) is 3.56. The van der Waals surface area contributed by atoms with Crippen LogP contribution >= 0.6 is 0 Å². The molecule has 2 aromatic carbocycles. The fraction of sp³-hybridized carbons (Fsp3) is 0.333. The first-order chi connectivity index (χ1) is 11.3. The average molecular weight is 349 g/mol. The summed E-state index contributed by atoms with van der Waals surface area (Å²) in [5, 5.41) is 0. The van der Waals surface area contributed by atoms with E-state index in [1.807, 2.05) is 44.2 Å². The molecule has 0 aliphatic rings. The van der Waals surface area contributed by atoms with Gasteiger partial charge in [-0.15, -0.1) is 0 Å². The van der Waals surface area contributed by atoms with Crippen LogP contribution in [0.3, 0.4) is 0 Å². The van der Waals surface area contributed by atoms with Crippen molar-refractivity contribution in [2.24, 2.45) is 0 Å². The number of methoxy groups -OCH3 is 2. The Bertz CT molecular complexity index is 786. The maximum atomic E-state index is 12.7. The molecule has 0 fully saturated rings. The number of nitrogens with one attached hydrogen (secondary N) is 1. The monoisotopic (exact) mass is 349 g/mol. The van der Waals surface area contributed by atoms with Crippen LogP contribution in [0.5, 0.6) is 11.5 Å². The van der Waals surface area contributed by atoms with Gasteiger partial charge < -0.3 is 9.47 Å². The maximum absolute atomic E-state index is 12.7. The Morgan fingerprint density at radius 3 is 2.17 bits per heavy atom. The maximum Gasteiger partial charge on any atom is 0.241 e. The highest BCUT2D eigenvalue weighted by molar-refractivity contribution is 7.89. The lowest BCUT2D eigenvalue weighted by molar-refractivity contribution is 0.353. The molecule has 2 rings (SSSR count). The number of hydrogen-bond acceptors (Lipinski definition) is 4. The molecule has 0 radical (unpaired) electrons. The first kappa shape index (κ1) is 18.3. The molecule has 24 heavy (non-hydrogen) atoms. The summed E-state index contributed by atoms with van der Waals surface area (Å²) in [5.74, 6) is 0.862. The smallest absolute Gasteiger partial charge is 0.241 e. The van der Waals surface area contributed by atoms with Crippen molar-refractivity contribution < 1.29 is 17.9 Å². The van der Waals surface area contributed by atoms with E-state index >= 15 is 0 Å². The van der Waals surface area contributed by atoms with Crippen molar-refractivity contribution in [3.63, 3.8) is 0 Å². The van der Waals surface area contributed by atoms with Crippen LogP contribution in [0, 0.1) is 0 Å². The number of sulfonamides is 1. The van der Waals surface area contributed by atoms with E-state index in [2.05, 4.69) is 4.72 Å². The van der Waals surface area contributed by atoms with Gasteiger partial charge in [-0.1, -0.05) is 30.3 Å². The zero-order chi connectivity index (χ0) is 17.8. The summed E-state index contributed by atoms with van der Waals surface area (Å²) < 4.78 is 38.5. The molecular weight excluding hydrogens is 326 g/mol. The lowest BCUT2D eigenvalue weighted by Gasteiger charge is -2.26. The summed E-state index contributed by atoms with van der Waals surface area (Å²) in [5.41, 5.74) is 0.436. The van der Waals surface area contributed by atoms with E-state index in [4.69, 9.17) is 9.47 Å². The largest absolute Gasteiger partial charge is 0.493 e. The Kier molecular flexibility index (Phi) is 5.51. The number of ether oxygens (including phenoxy) is 2. The number of rotatable bonds is 7. The Hall–Kier alpha value is -2.05. The van der Waals surface area contributed by atoms with Crippen molar-refractivity contribution in [2.45, 2.75) is 30.7 Å². The lowest BCUT2D eigenvalue weighted by Crippen LogP contribution is -2.44. The third kappa shape index (κ3) is 4.49. The van der Waals surface area contributed by atoms with E-state index in [9.17, 15) is 8.42 Å². The number of benzene rings is 2. The minimum Gasteiger partial charge on any atom is -0.493 e. The van der Waals surface area contributed by atoms with Crippen molar-refractivity contribution in [2.75, 3.05) is 14.2 Å². The molecule has 2 aromatic rings. The van der Waals surface area contributed by atoms with Gasteiger partial charge in [0.15, 0.2) is 11.5 Å². The molecule has 0 atom stereocenters. The molecule has 0 saturated carbocycles. The SMILES string of the molecule is COc1ccc(S(=O)(=O)NC(C)(C)Cc2ccccc2)cc1OC. The Labute approximate surface area is 143 Å².